The predicted octanol–water partition coefficient (Wildman–Crippen LogP) is 4.16. The number of hydrogen-bond donors (Lipinski definition) is 1. The minimum atomic E-state index is -0.342. The van der Waals surface area contributed by atoms with Gasteiger partial charge in [0.15, 0.2) is 5.78 Å². The van der Waals surface area contributed by atoms with Gasteiger partial charge in [-0.2, -0.15) is 0 Å². The van der Waals surface area contributed by atoms with Crippen molar-refractivity contribution in [3.63, 3.8) is 0 Å². The van der Waals surface area contributed by atoms with Gasteiger partial charge < -0.3 is 5.32 Å². The maximum absolute atomic E-state index is 11.9. The highest BCUT2D eigenvalue weighted by Crippen LogP contribution is 2.14. The van der Waals surface area contributed by atoms with Crippen molar-refractivity contribution in [2.45, 2.75) is 6.54 Å². The fraction of sp³-hybridized carbons (Fsp3) is 0.0588. The highest BCUT2D eigenvalue weighted by atomic mass is 79.9. The molecule has 0 fully saturated rings. The lowest BCUT2D eigenvalue weighted by Gasteiger charge is -2.04. The Labute approximate surface area is 142 Å². The molecular weight excluding hydrogens is 366 g/mol. The monoisotopic (exact) mass is 377 g/mol. The van der Waals surface area contributed by atoms with Crippen LogP contribution < -0.4 is 5.32 Å². The summed E-state index contributed by atoms with van der Waals surface area (Å²) >= 11 is 9.30. The Balaban J connectivity index is 1.90. The molecule has 1 amide bonds. The van der Waals surface area contributed by atoms with Gasteiger partial charge in [-0.15, -0.1) is 0 Å². The van der Waals surface area contributed by atoms with Crippen LogP contribution in [0.3, 0.4) is 0 Å². The molecule has 2 aromatic carbocycles. The summed E-state index contributed by atoms with van der Waals surface area (Å²) in [7, 11) is 0. The van der Waals surface area contributed by atoms with Crippen molar-refractivity contribution in [1.29, 1.82) is 0 Å². The fourth-order valence-electron chi connectivity index (χ4n) is 1.74. The molecule has 0 aliphatic heterocycles. The van der Waals surface area contributed by atoms with Crippen molar-refractivity contribution in [3.8, 4) is 0 Å². The molecule has 0 aliphatic carbocycles. The molecular formula is C17H13BrClNO2. The molecule has 112 valence electrons. The standard InChI is InChI=1S/C17H13BrClNO2/c18-14-7-5-12(6-8-14)16(21)9-10-17(22)20-11-13-3-1-2-4-15(13)19/h1-10H,11H2,(H,20,22)/b10-9+. The molecule has 0 radical (unpaired) electrons. The first-order valence-corrected chi connectivity index (χ1v) is 7.72. The summed E-state index contributed by atoms with van der Waals surface area (Å²) in [5, 5.41) is 3.28. The predicted molar refractivity (Wildman–Crippen MR) is 90.9 cm³/mol. The Morgan fingerprint density at radius 2 is 1.73 bits per heavy atom. The average Bonchev–Trinajstić information content (AvgIpc) is 2.52. The second kappa shape index (κ2) is 7.92. The lowest BCUT2D eigenvalue weighted by molar-refractivity contribution is -0.116. The van der Waals surface area contributed by atoms with Crippen LogP contribution in [0.5, 0.6) is 0 Å². The zero-order valence-electron chi connectivity index (χ0n) is 11.6. The first-order chi connectivity index (χ1) is 10.6. The van der Waals surface area contributed by atoms with E-state index in [4.69, 9.17) is 11.6 Å². The number of hydrogen-bond acceptors (Lipinski definition) is 2. The van der Waals surface area contributed by atoms with Gasteiger partial charge in [0.05, 0.1) is 0 Å². The van der Waals surface area contributed by atoms with Crippen LogP contribution in [0.15, 0.2) is 65.2 Å². The number of allylic oxidation sites excluding steroid dienone is 1. The third kappa shape index (κ3) is 4.83. The van der Waals surface area contributed by atoms with Crippen molar-refractivity contribution in [3.05, 3.63) is 81.3 Å². The Hall–Kier alpha value is -1.91. The smallest absolute Gasteiger partial charge is 0.244 e. The van der Waals surface area contributed by atoms with Crippen LogP contribution in [-0.2, 0) is 11.3 Å². The second-order valence-electron chi connectivity index (χ2n) is 4.51. The van der Waals surface area contributed by atoms with Gasteiger partial charge >= 0.3 is 0 Å². The molecule has 0 saturated carbocycles. The summed E-state index contributed by atoms with van der Waals surface area (Å²) < 4.78 is 0.894. The zero-order valence-corrected chi connectivity index (χ0v) is 13.9. The largest absolute Gasteiger partial charge is 0.348 e. The van der Waals surface area contributed by atoms with E-state index in [9.17, 15) is 9.59 Å². The van der Waals surface area contributed by atoms with Crippen molar-refractivity contribution in [1.82, 2.24) is 5.32 Å². The van der Waals surface area contributed by atoms with Crippen molar-refractivity contribution < 1.29 is 9.59 Å². The first kappa shape index (κ1) is 16.5. The third-order valence-electron chi connectivity index (χ3n) is 2.93. The molecule has 0 spiro atoms. The maximum atomic E-state index is 11.9. The molecule has 0 unspecified atom stereocenters. The van der Waals surface area contributed by atoms with Gasteiger partial charge in [-0.1, -0.05) is 45.7 Å². The molecule has 0 bridgehead atoms. The lowest BCUT2D eigenvalue weighted by atomic mass is 10.1. The van der Waals surface area contributed by atoms with Crippen molar-refractivity contribution in [2.24, 2.45) is 0 Å². The number of ketones is 1. The minimum Gasteiger partial charge on any atom is -0.348 e. The number of carbonyl (C=O) groups excluding carboxylic acids is 2. The number of amides is 1. The molecule has 0 atom stereocenters. The van der Waals surface area contributed by atoms with E-state index in [2.05, 4.69) is 21.2 Å². The fourth-order valence-corrected chi connectivity index (χ4v) is 2.21. The van der Waals surface area contributed by atoms with Crippen LogP contribution in [0.1, 0.15) is 15.9 Å². The van der Waals surface area contributed by atoms with Crippen LogP contribution in [0.4, 0.5) is 0 Å². The van der Waals surface area contributed by atoms with Gasteiger partial charge in [0, 0.05) is 27.7 Å². The molecule has 5 heteroatoms. The Morgan fingerprint density at radius 1 is 1.05 bits per heavy atom. The van der Waals surface area contributed by atoms with E-state index in [1.165, 1.54) is 12.2 Å². The average molecular weight is 379 g/mol. The molecule has 3 nitrogen and oxygen atoms in total. The minimum absolute atomic E-state index is 0.222. The topological polar surface area (TPSA) is 46.2 Å². The van der Waals surface area contributed by atoms with E-state index in [0.29, 0.717) is 17.1 Å². The quantitative estimate of drug-likeness (QED) is 0.627. The number of nitrogens with one attached hydrogen (secondary N) is 1. The number of halogens is 2. The Bertz CT molecular complexity index is 711. The van der Waals surface area contributed by atoms with E-state index < -0.39 is 0 Å². The van der Waals surface area contributed by atoms with Crippen LogP contribution in [0.2, 0.25) is 5.02 Å². The van der Waals surface area contributed by atoms with Crippen molar-refractivity contribution in [2.75, 3.05) is 0 Å². The second-order valence-corrected chi connectivity index (χ2v) is 5.84. The number of rotatable bonds is 5. The van der Waals surface area contributed by atoms with Crippen LogP contribution >= 0.6 is 27.5 Å². The van der Waals surface area contributed by atoms with Crippen molar-refractivity contribution >= 4 is 39.2 Å². The summed E-state index contributed by atoms with van der Waals surface area (Å²) in [6.45, 7) is 0.315. The summed E-state index contributed by atoms with van der Waals surface area (Å²) in [5.74, 6) is -0.564. The Morgan fingerprint density at radius 3 is 2.41 bits per heavy atom. The zero-order chi connectivity index (χ0) is 15.9. The molecule has 2 rings (SSSR count). The third-order valence-corrected chi connectivity index (χ3v) is 3.82. The molecule has 0 saturated heterocycles. The summed E-state index contributed by atoms with van der Waals surface area (Å²) in [5.41, 5.74) is 1.35. The molecule has 0 aromatic heterocycles. The molecule has 0 aliphatic rings. The van der Waals surface area contributed by atoms with Gasteiger partial charge in [0.1, 0.15) is 0 Å². The molecule has 0 heterocycles. The van der Waals surface area contributed by atoms with Crippen LogP contribution in [0.25, 0.3) is 0 Å². The van der Waals surface area contributed by atoms with Gasteiger partial charge in [0.25, 0.3) is 0 Å². The highest BCUT2D eigenvalue weighted by Gasteiger charge is 2.04. The summed E-state index contributed by atoms with van der Waals surface area (Å²) in [4.78, 5) is 23.6. The first-order valence-electron chi connectivity index (χ1n) is 6.55. The molecule has 1 N–H and O–H groups in total. The number of benzene rings is 2. The van der Waals surface area contributed by atoms with Crippen LogP contribution in [-0.4, -0.2) is 11.7 Å². The van der Waals surface area contributed by atoms with E-state index in [0.717, 1.165) is 10.0 Å². The van der Waals surface area contributed by atoms with Gasteiger partial charge in [0.2, 0.25) is 5.91 Å². The molecule has 2 aromatic rings. The molecule has 22 heavy (non-hydrogen) atoms. The summed E-state index contributed by atoms with van der Waals surface area (Å²) in [6, 6.07) is 14.2. The highest BCUT2D eigenvalue weighted by molar-refractivity contribution is 9.10. The maximum Gasteiger partial charge on any atom is 0.244 e. The van der Waals surface area contributed by atoms with E-state index in [1.54, 1.807) is 30.3 Å². The van der Waals surface area contributed by atoms with Gasteiger partial charge in [-0.05, 0) is 42.0 Å². The van der Waals surface area contributed by atoms with E-state index >= 15 is 0 Å². The number of carbonyl (C=O) groups is 2. The summed E-state index contributed by atoms with van der Waals surface area (Å²) in [6.07, 6.45) is 2.48. The van der Waals surface area contributed by atoms with Crippen LogP contribution in [0, 0.1) is 0 Å². The van der Waals surface area contributed by atoms with E-state index in [1.807, 2.05) is 18.2 Å². The van der Waals surface area contributed by atoms with E-state index in [-0.39, 0.29) is 11.7 Å². The normalized spacial score (nSPS) is 10.6. The lowest BCUT2D eigenvalue weighted by Crippen LogP contribution is -2.20. The van der Waals surface area contributed by atoms with Gasteiger partial charge in [-0.25, -0.2) is 0 Å². The SMILES string of the molecule is O=C(/C=C/C(=O)c1ccc(Br)cc1)NCc1ccccc1Cl. The van der Waals surface area contributed by atoms with Gasteiger partial charge in [-0.3, -0.25) is 9.59 Å². The Kier molecular flexibility index (Phi) is 5.92.